The molecule has 0 fully saturated rings. The molecule has 0 bridgehead atoms. The number of anilines is 2. The fraction of sp³-hybridized carbons (Fsp3) is 0. The first kappa shape index (κ1) is 15.5. The van der Waals surface area contributed by atoms with E-state index in [1.54, 1.807) is 0 Å². The Morgan fingerprint density at radius 3 is 2.03 bits per heavy atom. The summed E-state index contributed by atoms with van der Waals surface area (Å²) in [6.45, 7) is -0.117. The Hall–Kier alpha value is -3.43. The number of fused-ring (bicyclic) bond motifs is 6. The first-order valence-electron chi connectivity index (χ1n) is 10.0. The lowest BCUT2D eigenvalue weighted by atomic mass is 9.47. The molecule has 0 unspecified atom stereocenters. The van der Waals surface area contributed by atoms with Gasteiger partial charge in [0.2, 0.25) is 0 Å². The maximum absolute atomic E-state index is 11.5. The van der Waals surface area contributed by atoms with Gasteiger partial charge in [-0.2, -0.15) is 0 Å². The minimum absolute atomic E-state index is 0.117. The summed E-state index contributed by atoms with van der Waals surface area (Å²) in [6.07, 6.45) is 0. The molecule has 0 aliphatic carbocycles. The molecule has 0 aromatic heterocycles. The van der Waals surface area contributed by atoms with E-state index in [0.717, 1.165) is 22.4 Å². The fourth-order valence-electron chi connectivity index (χ4n) is 5.37. The molecule has 3 nitrogen and oxygen atoms in total. The van der Waals surface area contributed by atoms with Crippen molar-refractivity contribution in [1.82, 2.24) is 0 Å². The van der Waals surface area contributed by atoms with Crippen LogP contribution in [0.5, 0.6) is 0 Å². The van der Waals surface area contributed by atoms with Crippen molar-refractivity contribution in [2.45, 2.75) is 0 Å². The Morgan fingerprint density at radius 1 is 0.621 bits per heavy atom. The van der Waals surface area contributed by atoms with E-state index in [0.29, 0.717) is 0 Å². The number of hydrogen-bond donors (Lipinski definition) is 2. The van der Waals surface area contributed by atoms with E-state index in [4.69, 9.17) is 0 Å². The highest BCUT2D eigenvalue weighted by atomic mass is 16.2. The van der Waals surface area contributed by atoms with Crippen molar-refractivity contribution in [1.29, 1.82) is 0 Å². The number of rotatable bonds is 0. The maximum atomic E-state index is 11.5. The van der Waals surface area contributed by atoms with Gasteiger partial charge in [-0.05, 0) is 33.7 Å². The van der Waals surface area contributed by atoms with Crippen molar-refractivity contribution < 1.29 is 5.02 Å². The van der Waals surface area contributed by atoms with Gasteiger partial charge in [-0.15, -0.1) is 0 Å². The molecule has 3 aliphatic rings. The van der Waals surface area contributed by atoms with Crippen molar-refractivity contribution in [2.75, 3.05) is 9.95 Å². The zero-order chi connectivity index (χ0) is 19.1. The van der Waals surface area contributed by atoms with Crippen LogP contribution in [0, 0.1) is 0 Å². The third kappa shape index (κ3) is 1.84. The molecule has 3 heterocycles. The van der Waals surface area contributed by atoms with Crippen molar-refractivity contribution >= 4 is 36.3 Å². The molecule has 0 spiro atoms. The molecule has 0 atom stereocenters. The van der Waals surface area contributed by atoms with Gasteiger partial charge in [0.05, 0.1) is 0 Å². The van der Waals surface area contributed by atoms with Crippen LogP contribution in [0.25, 0.3) is 33.4 Å². The Balaban J connectivity index is 1.61. The molecular weight excluding hydrogens is 354 g/mol. The topological polar surface area (TPSA) is 35.5 Å². The van der Waals surface area contributed by atoms with E-state index in [1.807, 2.05) is 18.2 Å². The summed E-state index contributed by atoms with van der Waals surface area (Å²) in [5, 5.41) is 15.2. The van der Waals surface area contributed by atoms with E-state index in [9.17, 15) is 5.02 Å². The summed E-state index contributed by atoms with van der Waals surface area (Å²) >= 11 is 0. The van der Waals surface area contributed by atoms with Gasteiger partial charge in [0.15, 0.2) is 0 Å². The second-order valence-electron chi connectivity index (χ2n) is 7.93. The Morgan fingerprint density at radius 2 is 1.21 bits per heavy atom. The van der Waals surface area contributed by atoms with Gasteiger partial charge >= 0.3 is 14.0 Å². The number of para-hydroxylation sites is 2. The van der Waals surface area contributed by atoms with Crippen LogP contribution in [0.15, 0.2) is 84.9 Å². The smallest absolute Gasteiger partial charge is 0.429 e. The van der Waals surface area contributed by atoms with Gasteiger partial charge in [-0.1, -0.05) is 78.9 Å². The lowest BCUT2D eigenvalue weighted by Crippen LogP contribution is -2.68. The van der Waals surface area contributed by atoms with Gasteiger partial charge in [-0.25, -0.2) is 0 Å². The van der Waals surface area contributed by atoms with Gasteiger partial charge in [-0.3, -0.25) is 0 Å². The monoisotopic (exact) mass is 370 g/mol. The summed E-state index contributed by atoms with van der Waals surface area (Å²) in [5.41, 5.74) is 11.6. The van der Waals surface area contributed by atoms with E-state index >= 15 is 0 Å². The first-order valence-corrected chi connectivity index (χ1v) is 10.0. The minimum atomic E-state index is -0.705. The number of benzene rings is 4. The average Bonchev–Trinajstić information content (AvgIpc) is 2.78. The Bertz CT molecular complexity index is 1340. The molecule has 0 saturated carbocycles. The number of nitrogens with one attached hydrogen (secondary N) is 1. The molecule has 7 rings (SSSR count). The number of nitrogens with zero attached hydrogens (tertiary/aromatic N) is 1. The second-order valence-corrected chi connectivity index (χ2v) is 7.93. The zero-order valence-corrected chi connectivity index (χ0v) is 15.6. The molecule has 0 radical (unpaired) electrons. The predicted octanol–water partition coefficient (Wildman–Crippen LogP) is 3.33. The molecule has 134 valence electrons. The van der Waals surface area contributed by atoms with Crippen LogP contribution in [0.4, 0.5) is 11.4 Å². The molecule has 2 N–H and O–H groups in total. The summed E-state index contributed by atoms with van der Waals surface area (Å²) in [4.78, 5) is 0. The van der Waals surface area contributed by atoms with Crippen LogP contribution in [-0.4, -0.2) is 19.1 Å². The highest BCUT2D eigenvalue weighted by molar-refractivity contribution is 6.97. The van der Waals surface area contributed by atoms with Gasteiger partial charge < -0.3 is 15.0 Å². The minimum Gasteiger partial charge on any atom is -0.429 e. The predicted molar refractivity (Wildman–Crippen MR) is 122 cm³/mol. The van der Waals surface area contributed by atoms with Gasteiger partial charge in [0.1, 0.15) is 0 Å². The molecule has 4 aromatic rings. The van der Waals surface area contributed by atoms with Crippen molar-refractivity contribution in [3.05, 3.63) is 84.9 Å². The molecule has 0 saturated heterocycles. The fourth-order valence-corrected chi connectivity index (χ4v) is 5.37. The van der Waals surface area contributed by atoms with Crippen LogP contribution < -0.4 is 20.9 Å². The number of hydrogen-bond acceptors (Lipinski definition) is 3. The van der Waals surface area contributed by atoms with Gasteiger partial charge in [0, 0.05) is 28.1 Å². The van der Waals surface area contributed by atoms with E-state index < -0.39 is 7.05 Å². The lowest BCUT2D eigenvalue weighted by Gasteiger charge is -2.46. The van der Waals surface area contributed by atoms with Crippen LogP contribution in [0.3, 0.4) is 0 Å². The van der Waals surface area contributed by atoms with Crippen LogP contribution in [0.1, 0.15) is 0 Å². The summed E-state index contributed by atoms with van der Waals surface area (Å²) in [6, 6.07) is 29.7. The van der Waals surface area contributed by atoms with Crippen molar-refractivity contribution in [3.8, 4) is 33.4 Å². The molecule has 5 heteroatoms. The van der Waals surface area contributed by atoms with Crippen molar-refractivity contribution in [3.63, 3.8) is 0 Å². The van der Waals surface area contributed by atoms with Gasteiger partial charge in [0.25, 0.3) is 0 Å². The van der Waals surface area contributed by atoms with Crippen LogP contribution >= 0.6 is 0 Å². The highest BCUT2D eigenvalue weighted by Gasteiger charge is 2.48. The molecule has 0 amide bonds. The lowest BCUT2D eigenvalue weighted by molar-refractivity contribution is 0.587. The van der Waals surface area contributed by atoms with Crippen LogP contribution in [-0.2, 0) is 0 Å². The normalized spacial score (nSPS) is 14.4. The molecular formula is C24H16B2N2O. The zero-order valence-electron chi connectivity index (χ0n) is 15.6. The quantitative estimate of drug-likeness (QED) is 0.467. The summed E-state index contributed by atoms with van der Waals surface area (Å²) in [7, 11) is -0.705. The molecule has 3 aliphatic heterocycles. The van der Waals surface area contributed by atoms with E-state index in [2.05, 4.69) is 76.7 Å². The maximum Gasteiger partial charge on any atom is 0.438 e. The molecule has 4 aromatic carbocycles. The first-order chi connectivity index (χ1) is 14.3. The van der Waals surface area contributed by atoms with Crippen LogP contribution in [0.2, 0.25) is 0 Å². The third-order valence-electron chi connectivity index (χ3n) is 6.54. The largest absolute Gasteiger partial charge is 0.438 e. The SMILES string of the molecule is OB1c2ccccc2-c2cccc3c2N1B1Nc2ccccc2-c2cccc-3c21. The standard InChI is InChI=1S/C24H16B2N2O/c29-26-21-13-3-1-7-15(21)19-11-6-12-20-18-10-5-9-17-16-8-2-4-14-22(16)27-25(23(17)18)28(26)24(19)20/h1-14,27,29H. The Labute approximate surface area is 169 Å². The second kappa shape index (κ2) is 5.34. The van der Waals surface area contributed by atoms with E-state index in [1.165, 1.54) is 33.3 Å². The average molecular weight is 370 g/mol. The Kier molecular flexibility index (Phi) is 2.85. The third-order valence-corrected chi connectivity index (χ3v) is 6.54. The summed E-state index contributed by atoms with van der Waals surface area (Å²) < 4.78 is 2.16. The molecule has 29 heavy (non-hydrogen) atoms. The van der Waals surface area contributed by atoms with Crippen molar-refractivity contribution in [2.24, 2.45) is 0 Å². The highest BCUT2D eigenvalue weighted by Crippen LogP contribution is 2.47. The summed E-state index contributed by atoms with van der Waals surface area (Å²) in [5.74, 6) is 0. The van der Waals surface area contributed by atoms with E-state index in [-0.39, 0.29) is 6.98 Å².